The zero-order chi connectivity index (χ0) is 19.9. The highest BCUT2D eigenvalue weighted by Gasteiger charge is 2.33. The minimum Gasteiger partial charge on any atom is -0.493 e. The van der Waals surface area contributed by atoms with E-state index in [4.69, 9.17) is 9.47 Å². The van der Waals surface area contributed by atoms with Crippen molar-refractivity contribution in [1.29, 1.82) is 0 Å². The summed E-state index contributed by atoms with van der Waals surface area (Å²) in [5, 5.41) is 0. The van der Waals surface area contributed by atoms with Gasteiger partial charge in [0, 0.05) is 16.6 Å². The summed E-state index contributed by atoms with van der Waals surface area (Å²) >= 11 is 3.54. The lowest BCUT2D eigenvalue weighted by atomic mass is 9.95. The van der Waals surface area contributed by atoms with Crippen molar-refractivity contribution in [3.05, 3.63) is 40.9 Å². The molecule has 1 heterocycles. The number of piperidine rings is 1. The number of allylic oxidation sites excluding steroid dienone is 1. The van der Waals surface area contributed by atoms with E-state index in [0.29, 0.717) is 13.2 Å². The Kier molecular flexibility index (Phi) is 8.21. The molecule has 0 bridgehead atoms. The molecule has 0 spiro atoms. The van der Waals surface area contributed by atoms with Crippen molar-refractivity contribution in [2.75, 3.05) is 13.2 Å². The minimum absolute atomic E-state index is 0.00937. The second kappa shape index (κ2) is 10.2. The second-order valence-corrected chi connectivity index (χ2v) is 8.92. The van der Waals surface area contributed by atoms with Gasteiger partial charge in [-0.25, -0.2) is 4.79 Å². The molecule has 2 rings (SSSR count). The molecule has 1 aromatic carbocycles. The molecule has 1 aliphatic rings. The van der Waals surface area contributed by atoms with Crippen LogP contribution in [0.1, 0.15) is 70.9 Å². The maximum Gasteiger partial charge on any atom is 0.410 e. The van der Waals surface area contributed by atoms with E-state index in [2.05, 4.69) is 28.6 Å². The molecule has 0 radical (unpaired) electrons. The normalized spacial score (nSPS) is 17.5. The fraction of sp³-hybridized carbons (Fsp3) is 0.591. The zero-order valence-electron chi connectivity index (χ0n) is 16.8. The summed E-state index contributed by atoms with van der Waals surface area (Å²) in [5.41, 5.74) is 0.566. The Morgan fingerprint density at radius 3 is 2.81 bits per heavy atom. The number of hydrogen-bond donors (Lipinski definition) is 0. The van der Waals surface area contributed by atoms with E-state index >= 15 is 0 Å². The van der Waals surface area contributed by atoms with E-state index < -0.39 is 5.60 Å². The summed E-state index contributed by atoms with van der Waals surface area (Å²) in [5.74, 6) is 0.850. The first-order chi connectivity index (χ1) is 12.8. The van der Waals surface area contributed by atoms with Gasteiger partial charge in [-0.3, -0.25) is 0 Å². The number of unbranched alkanes of at least 4 members (excludes halogenated alkanes) is 2. The molecule has 1 atom stereocenters. The molecular formula is C22H32BrNO3. The van der Waals surface area contributed by atoms with Crippen molar-refractivity contribution >= 4 is 22.0 Å². The lowest BCUT2D eigenvalue weighted by Gasteiger charge is -2.37. The molecule has 0 aliphatic carbocycles. The molecule has 1 aliphatic heterocycles. The zero-order valence-corrected chi connectivity index (χ0v) is 18.4. The molecule has 0 aromatic heterocycles. The van der Waals surface area contributed by atoms with Crippen LogP contribution in [0.4, 0.5) is 4.79 Å². The van der Waals surface area contributed by atoms with Gasteiger partial charge in [0.05, 0.1) is 12.6 Å². The number of hydrogen-bond acceptors (Lipinski definition) is 3. The molecule has 1 aromatic rings. The summed E-state index contributed by atoms with van der Waals surface area (Å²) < 4.78 is 12.7. The first-order valence-corrected chi connectivity index (χ1v) is 10.6. The van der Waals surface area contributed by atoms with Crippen molar-refractivity contribution in [2.45, 2.75) is 70.9 Å². The number of halogens is 1. The van der Waals surface area contributed by atoms with Gasteiger partial charge in [-0.2, -0.15) is 0 Å². The average Bonchev–Trinajstić information content (AvgIpc) is 2.60. The average molecular weight is 438 g/mol. The lowest BCUT2D eigenvalue weighted by molar-refractivity contribution is 0.00922. The Labute approximate surface area is 172 Å². The molecule has 27 heavy (non-hydrogen) atoms. The Bertz CT molecular complexity index is 639. The molecule has 0 saturated carbocycles. The number of rotatable bonds is 7. The highest BCUT2D eigenvalue weighted by atomic mass is 79.9. The molecule has 150 valence electrons. The Morgan fingerprint density at radius 2 is 2.11 bits per heavy atom. The van der Waals surface area contributed by atoms with Crippen molar-refractivity contribution in [2.24, 2.45) is 0 Å². The molecule has 0 unspecified atom stereocenters. The number of carbonyl (C=O) groups is 1. The van der Waals surface area contributed by atoms with Crippen LogP contribution in [-0.2, 0) is 4.74 Å². The fourth-order valence-corrected chi connectivity index (χ4v) is 3.62. The van der Waals surface area contributed by atoms with Crippen molar-refractivity contribution in [3.8, 4) is 5.75 Å². The molecule has 5 heteroatoms. The van der Waals surface area contributed by atoms with Gasteiger partial charge in [-0.15, -0.1) is 6.58 Å². The van der Waals surface area contributed by atoms with Gasteiger partial charge in [0.2, 0.25) is 0 Å². The third kappa shape index (κ3) is 6.87. The fourth-order valence-electron chi connectivity index (χ4n) is 3.28. The Morgan fingerprint density at radius 1 is 1.33 bits per heavy atom. The van der Waals surface area contributed by atoms with E-state index in [-0.39, 0.29) is 12.1 Å². The van der Waals surface area contributed by atoms with Crippen LogP contribution in [0.25, 0.3) is 0 Å². The van der Waals surface area contributed by atoms with Gasteiger partial charge in [0.25, 0.3) is 0 Å². The number of amides is 1. The number of benzene rings is 1. The van der Waals surface area contributed by atoms with Crippen LogP contribution >= 0.6 is 15.9 Å². The molecule has 1 amide bonds. The number of likely N-dealkylation sites (tertiary alicyclic amines) is 1. The third-order valence-electron chi connectivity index (χ3n) is 4.53. The molecular weight excluding hydrogens is 406 g/mol. The Balaban J connectivity index is 2.17. The highest BCUT2D eigenvalue weighted by Crippen LogP contribution is 2.38. The van der Waals surface area contributed by atoms with Crippen molar-refractivity contribution in [1.82, 2.24) is 4.90 Å². The molecule has 4 nitrogen and oxygen atoms in total. The van der Waals surface area contributed by atoms with Crippen LogP contribution in [0, 0.1) is 0 Å². The van der Waals surface area contributed by atoms with Crippen LogP contribution < -0.4 is 4.74 Å². The molecule has 1 saturated heterocycles. The Hall–Kier alpha value is -1.49. The van der Waals surface area contributed by atoms with E-state index in [9.17, 15) is 4.79 Å². The largest absolute Gasteiger partial charge is 0.493 e. The lowest BCUT2D eigenvalue weighted by Crippen LogP contribution is -2.42. The summed E-state index contributed by atoms with van der Waals surface area (Å²) in [6.07, 6.45) is 7.77. The standard InChI is InChI=1S/C22H32BrNO3/c1-5-6-7-10-15-26-20-16-17(23)12-13-18(20)19-11-8-9-14-24(19)21(25)27-22(2,3)4/h5,12-13,16,19H,1,6-11,14-15H2,2-4H3/t19-/m0/s1. The van der Waals surface area contributed by atoms with Crippen LogP contribution in [0.3, 0.4) is 0 Å². The third-order valence-corrected chi connectivity index (χ3v) is 5.02. The summed E-state index contributed by atoms with van der Waals surface area (Å²) in [4.78, 5) is 14.6. The van der Waals surface area contributed by atoms with Crippen LogP contribution in [0.2, 0.25) is 0 Å². The smallest absolute Gasteiger partial charge is 0.410 e. The number of nitrogens with zero attached hydrogens (tertiary/aromatic N) is 1. The van der Waals surface area contributed by atoms with Gasteiger partial charge in [0.1, 0.15) is 11.4 Å². The second-order valence-electron chi connectivity index (χ2n) is 8.00. The molecule has 1 fully saturated rings. The van der Waals surface area contributed by atoms with Gasteiger partial charge >= 0.3 is 6.09 Å². The van der Waals surface area contributed by atoms with Gasteiger partial charge in [-0.1, -0.05) is 28.1 Å². The van der Waals surface area contributed by atoms with Gasteiger partial charge in [-0.05, 0) is 71.4 Å². The predicted molar refractivity (Wildman–Crippen MR) is 113 cm³/mol. The van der Waals surface area contributed by atoms with Gasteiger partial charge < -0.3 is 14.4 Å². The number of carbonyl (C=O) groups excluding carboxylic acids is 1. The van der Waals surface area contributed by atoms with Crippen LogP contribution in [0.15, 0.2) is 35.3 Å². The van der Waals surface area contributed by atoms with Crippen LogP contribution in [0.5, 0.6) is 5.75 Å². The highest BCUT2D eigenvalue weighted by molar-refractivity contribution is 9.10. The number of ether oxygens (including phenoxy) is 2. The quantitative estimate of drug-likeness (QED) is 0.354. The van der Waals surface area contributed by atoms with E-state index in [1.807, 2.05) is 43.9 Å². The SMILES string of the molecule is C=CCCCCOc1cc(Br)ccc1[C@@H]1CCCCN1C(=O)OC(C)(C)C. The topological polar surface area (TPSA) is 38.8 Å². The van der Waals surface area contributed by atoms with E-state index in [0.717, 1.165) is 54.3 Å². The maximum absolute atomic E-state index is 12.8. The summed E-state index contributed by atoms with van der Waals surface area (Å²) in [7, 11) is 0. The maximum atomic E-state index is 12.8. The van der Waals surface area contributed by atoms with Crippen molar-refractivity contribution in [3.63, 3.8) is 0 Å². The first-order valence-electron chi connectivity index (χ1n) is 9.84. The summed E-state index contributed by atoms with van der Waals surface area (Å²) in [6.45, 7) is 10.8. The predicted octanol–water partition coefficient (Wildman–Crippen LogP) is 6.65. The first kappa shape index (κ1) is 21.8. The van der Waals surface area contributed by atoms with E-state index in [1.54, 1.807) is 0 Å². The van der Waals surface area contributed by atoms with Crippen molar-refractivity contribution < 1.29 is 14.3 Å². The summed E-state index contributed by atoms with van der Waals surface area (Å²) in [6, 6.07) is 6.08. The van der Waals surface area contributed by atoms with Crippen LogP contribution in [-0.4, -0.2) is 29.7 Å². The van der Waals surface area contributed by atoms with Gasteiger partial charge in [0.15, 0.2) is 0 Å². The minimum atomic E-state index is -0.497. The monoisotopic (exact) mass is 437 g/mol. The molecule has 0 N–H and O–H groups in total. The van der Waals surface area contributed by atoms with E-state index in [1.165, 1.54) is 0 Å².